The first kappa shape index (κ1) is 40.0. The Morgan fingerprint density at radius 1 is 0.548 bits per heavy atom. The lowest BCUT2D eigenvalue weighted by Crippen LogP contribution is -2.55. The third-order valence-electron chi connectivity index (χ3n) is 8.53. The molecule has 0 radical (unpaired) electrons. The van der Waals surface area contributed by atoms with Gasteiger partial charge in [-0.3, -0.25) is 14.4 Å². The molecule has 0 bridgehead atoms. The summed E-state index contributed by atoms with van der Waals surface area (Å²) in [5, 5.41) is 39.3. The lowest BCUT2D eigenvalue weighted by molar-refractivity contribution is -0.184. The van der Waals surface area contributed by atoms with Gasteiger partial charge in [-0.15, -0.1) is 0 Å². The zero-order valence-electron chi connectivity index (χ0n) is 26.8. The summed E-state index contributed by atoms with van der Waals surface area (Å²) in [5.74, 6) is -8.90. The molecular formula is C34H62O8. The van der Waals surface area contributed by atoms with E-state index >= 15 is 0 Å². The van der Waals surface area contributed by atoms with Crippen molar-refractivity contribution in [2.75, 3.05) is 0 Å². The molecule has 0 heterocycles. The molecule has 0 aliphatic rings. The quantitative estimate of drug-likeness (QED) is 0.0580. The van der Waals surface area contributed by atoms with Crippen molar-refractivity contribution < 1.29 is 39.6 Å². The first-order valence-electron chi connectivity index (χ1n) is 17.0. The van der Waals surface area contributed by atoms with Crippen molar-refractivity contribution in [3.8, 4) is 0 Å². The van der Waals surface area contributed by atoms with Crippen molar-refractivity contribution in [3.63, 3.8) is 0 Å². The molecule has 0 spiro atoms. The third-order valence-corrected chi connectivity index (χ3v) is 8.53. The summed E-state index contributed by atoms with van der Waals surface area (Å²) in [6.45, 7) is 4.22. The number of ketones is 1. The van der Waals surface area contributed by atoms with E-state index in [0.29, 0.717) is 12.8 Å². The van der Waals surface area contributed by atoms with Crippen LogP contribution in [0.5, 0.6) is 0 Å². The van der Waals surface area contributed by atoms with E-state index in [0.717, 1.165) is 38.5 Å². The topological polar surface area (TPSA) is 149 Å². The van der Waals surface area contributed by atoms with Gasteiger partial charge in [-0.1, -0.05) is 149 Å². The minimum atomic E-state index is -3.06. The second-order valence-corrected chi connectivity index (χ2v) is 12.3. The van der Waals surface area contributed by atoms with E-state index in [1.165, 1.54) is 89.9 Å². The zero-order valence-corrected chi connectivity index (χ0v) is 26.8. The van der Waals surface area contributed by atoms with Crippen LogP contribution in [0.4, 0.5) is 0 Å². The number of carboxylic acid groups (broad SMARTS) is 3. The Labute approximate surface area is 255 Å². The smallest absolute Gasteiger partial charge is 0.337 e. The number of carboxylic acids is 3. The Bertz CT molecular complexity index is 737. The van der Waals surface area contributed by atoms with Crippen LogP contribution in [-0.2, 0) is 19.2 Å². The fraction of sp³-hybridized carbons (Fsp3) is 0.882. The fourth-order valence-corrected chi connectivity index (χ4v) is 5.95. The maximum atomic E-state index is 13.0. The van der Waals surface area contributed by atoms with Crippen molar-refractivity contribution in [1.82, 2.24) is 0 Å². The van der Waals surface area contributed by atoms with Gasteiger partial charge in [0.2, 0.25) is 0 Å². The number of hydrogen-bond acceptors (Lipinski definition) is 5. The molecule has 8 heteroatoms. The summed E-state index contributed by atoms with van der Waals surface area (Å²) < 4.78 is 0. The first-order valence-corrected chi connectivity index (χ1v) is 17.0. The normalized spacial score (nSPS) is 14.3. The number of Topliss-reactive ketones (excluding diaryl/α,β-unsaturated/α-hetero) is 1. The summed E-state index contributed by atoms with van der Waals surface area (Å²) >= 11 is 0. The molecule has 0 rings (SSSR count). The molecule has 0 aliphatic carbocycles. The summed E-state index contributed by atoms with van der Waals surface area (Å²) in [7, 11) is 0. The average molecular weight is 599 g/mol. The van der Waals surface area contributed by atoms with Crippen molar-refractivity contribution in [2.24, 2.45) is 11.8 Å². The van der Waals surface area contributed by atoms with Crippen LogP contribution in [0.3, 0.4) is 0 Å². The SMILES string of the molecule is CCCCCCCCCCCCCCCCCCCCCC(C(=O)CCCCC)C(C(=O)O)C(O)(CC(=O)O)C(=O)O. The van der Waals surface area contributed by atoms with Crippen molar-refractivity contribution >= 4 is 23.7 Å². The van der Waals surface area contributed by atoms with Gasteiger partial charge in [0, 0.05) is 12.3 Å². The van der Waals surface area contributed by atoms with Crippen molar-refractivity contribution in [3.05, 3.63) is 0 Å². The minimum Gasteiger partial charge on any atom is -0.481 e. The minimum absolute atomic E-state index is 0.0875. The van der Waals surface area contributed by atoms with Crippen LogP contribution in [0.2, 0.25) is 0 Å². The standard InChI is InChI=1S/C34H62O8/c1-3-5-7-8-9-10-11-12-13-14-15-16-17-18-19-20-21-22-24-25-28(29(35)26-23-6-4-2)31(32(38)39)34(42,33(40)41)27-30(36)37/h28,31,42H,3-27H2,1-2H3,(H,36,37)(H,38,39)(H,40,41). The maximum Gasteiger partial charge on any atom is 0.337 e. The van der Waals surface area contributed by atoms with E-state index in [1.807, 2.05) is 6.92 Å². The number of carbonyl (C=O) groups is 4. The van der Waals surface area contributed by atoms with Gasteiger partial charge >= 0.3 is 17.9 Å². The highest BCUT2D eigenvalue weighted by Crippen LogP contribution is 2.34. The fourth-order valence-electron chi connectivity index (χ4n) is 5.95. The van der Waals surface area contributed by atoms with E-state index < -0.39 is 47.5 Å². The summed E-state index contributed by atoms with van der Waals surface area (Å²) in [5.41, 5.74) is -3.06. The van der Waals surface area contributed by atoms with Crippen LogP contribution in [0.1, 0.15) is 174 Å². The highest BCUT2D eigenvalue weighted by Gasteiger charge is 2.54. The van der Waals surface area contributed by atoms with Crippen LogP contribution < -0.4 is 0 Å². The van der Waals surface area contributed by atoms with Crippen LogP contribution in [0.15, 0.2) is 0 Å². The van der Waals surface area contributed by atoms with Gasteiger partial charge in [-0.2, -0.15) is 0 Å². The van der Waals surface area contributed by atoms with Gasteiger partial charge in [-0.25, -0.2) is 4.79 Å². The van der Waals surface area contributed by atoms with E-state index in [-0.39, 0.29) is 12.8 Å². The van der Waals surface area contributed by atoms with Gasteiger partial charge in [0.05, 0.1) is 6.42 Å². The van der Waals surface area contributed by atoms with Crippen LogP contribution in [0, 0.1) is 11.8 Å². The Balaban J connectivity index is 4.41. The second-order valence-electron chi connectivity index (χ2n) is 12.3. The monoisotopic (exact) mass is 598 g/mol. The lowest BCUT2D eigenvalue weighted by Gasteiger charge is -2.33. The first-order chi connectivity index (χ1) is 20.1. The van der Waals surface area contributed by atoms with E-state index in [9.17, 15) is 34.5 Å². The van der Waals surface area contributed by atoms with E-state index in [1.54, 1.807) is 0 Å². The molecule has 0 aromatic rings. The predicted octanol–water partition coefficient (Wildman–Crippen LogP) is 8.57. The molecule has 0 saturated heterocycles. The Kier molecular flexibility index (Phi) is 24.3. The molecule has 4 N–H and O–H groups in total. The highest BCUT2D eigenvalue weighted by molar-refractivity contribution is 5.94. The predicted molar refractivity (Wildman–Crippen MR) is 167 cm³/mol. The molecule has 0 amide bonds. The highest BCUT2D eigenvalue weighted by atomic mass is 16.4. The Morgan fingerprint density at radius 2 is 0.905 bits per heavy atom. The van der Waals surface area contributed by atoms with Gasteiger partial charge < -0.3 is 20.4 Å². The lowest BCUT2D eigenvalue weighted by atomic mass is 9.71. The molecule has 0 saturated carbocycles. The van der Waals surface area contributed by atoms with Gasteiger partial charge in [0.25, 0.3) is 0 Å². The second kappa shape index (κ2) is 25.5. The molecule has 3 atom stereocenters. The molecule has 8 nitrogen and oxygen atoms in total. The summed E-state index contributed by atoms with van der Waals surface area (Å²) in [6, 6.07) is 0. The zero-order chi connectivity index (χ0) is 31.6. The molecular weight excluding hydrogens is 536 g/mol. The molecule has 42 heavy (non-hydrogen) atoms. The molecule has 0 fully saturated rings. The number of hydrogen-bond donors (Lipinski definition) is 4. The van der Waals surface area contributed by atoms with Crippen LogP contribution in [0.25, 0.3) is 0 Å². The summed E-state index contributed by atoms with van der Waals surface area (Å²) in [6.07, 6.45) is 24.2. The number of unbranched alkanes of at least 4 members (excludes halogenated alkanes) is 20. The summed E-state index contributed by atoms with van der Waals surface area (Å²) in [4.78, 5) is 48.3. The molecule has 3 unspecified atom stereocenters. The number of aliphatic hydroxyl groups is 1. The maximum absolute atomic E-state index is 13.0. The Hall–Kier alpha value is -1.96. The molecule has 246 valence electrons. The van der Waals surface area contributed by atoms with Crippen LogP contribution >= 0.6 is 0 Å². The van der Waals surface area contributed by atoms with Gasteiger partial charge in [0.1, 0.15) is 11.7 Å². The number of carbonyl (C=O) groups excluding carboxylic acids is 1. The Morgan fingerprint density at radius 3 is 1.24 bits per heavy atom. The van der Waals surface area contributed by atoms with E-state index in [4.69, 9.17) is 5.11 Å². The van der Waals surface area contributed by atoms with Crippen molar-refractivity contribution in [1.29, 1.82) is 0 Å². The van der Waals surface area contributed by atoms with E-state index in [2.05, 4.69) is 6.92 Å². The van der Waals surface area contributed by atoms with Crippen molar-refractivity contribution in [2.45, 2.75) is 180 Å². The third kappa shape index (κ3) is 18.6. The number of aliphatic carboxylic acids is 3. The average Bonchev–Trinajstić information content (AvgIpc) is 2.92. The molecule has 0 aromatic carbocycles. The van der Waals surface area contributed by atoms with Crippen LogP contribution in [-0.4, -0.2) is 49.7 Å². The number of rotatable bonds is 31. The molecule has 0 aromatic heterocycles. The largest absolute Gasteiger partial charge is 0.481 e. The molecule has 0 aliphatic heterocycles. The van der Waals surface area contributed by atoms with Gasteiger partial charge in [-0.05, 0) is 12.8 Å². The van der Waals surface area contributed by atoms with Gasteiger partial charge in [0.15, 0.2) is 5.60 Å².